The van der Waals surface area contributed by atoms with Crippen molar-refractivity contribution in [2.24, 2.45) is 0 Å². The van der Waals surface area contributed by atoms with Gasteiger partial charge >= 0.3 is 0 Å². The highest BCUT2D eigenvalue weighted by molar-refractivity contribution is 9.10. The van der Waals surface area contributed by atoms with E-state index in [1.54, 1.807) is 0 Å². The van der Waals surface area contributed by atoms with Crippen LogP contribution in [0, 0.1) is 0 Å². The predicted molar refractivity (Wildman–Crippen MR) is 102 cm³/mol. The maximum atomic E-state index is 5.72. The molecule has 0 radical (unpaired) electrons. The number of aryl methyl sites for hydroxylation is 2. The Labute approximate surface area is 151 Å². The first-order valence-corrected chi connectivity index (χ1v) is 8.89. The fourth-order valence-corrected chi connectivity index (χ4v) is 2.97. The first-order valence-electron chi connectivity index (χ1n) is 8.10. The third kappa shape index (κ3) is 4.36. The molecule has 0 aliphatic heterocycles. The van der Waals surface area contributed by atoms with Crippen LogP contribution in [0.1, 0.15) is 5.56 Å². The highest BCUT2D eigenvalue weighted by atomic mass is 79.9. The minimum Gasteiger partial charge on any atom is -0.492 e. The van der Waals surface area contributed by atoms with E-state index in [1.807, 2.05) is 49.1 Å². The van der Waals surface area contributed by atoms with Gasteiger partial charge < -0.3 is 9.64 Å². The first kappa shape index (κ1) is 17.0. The molecule has 0 saturated carbocycles. The van der Waals surface area contributed by atoms with Crippen molar-refractivity contribution >= 4 is 26.8 Å². The van der Waals surface area contributed by atoms with E-state index in [0.29, 0.717) is 6.61 Å². The quantitative estimate of drug-likeness (QED) is 0.613. The fourth-order valence-electron chi connectivity index (χ4n) is 2.51. The van der Waals surface area contributed by atoms with Crippen molar-refractivity contribution < 1.29 is 4.74 Å². The van der Waals surface area contributed by atoms with Crippen molar-refractivity contribution in [3.63, 3.8) is 0 Å². The summed E-state index contributed by atoms with van der Waals surface area (Å²) in [4.78, 5) is 2.11. The molecular formula is C19H22BrN3O. The molecule has 4 nitrogen and oxygen atoms in total. The van der Waals surface area contributed by atoms with Crippen LogP contribution in [-0.2, 0) is 13.0 Å². The Morgan fingerprint density at radius 1 is 1.12 bits per heavy atom. The monoisotopic (exact) mass is 387 g/mol. The van der Waals surface area contributed by atoms with Crippen molar-refractivity contribution in [2.45, 2.75) is 13.0 Å². The van der Waals surface area contributed by atoms with Gasteiger partial charge in [-0.05, 0) is 50.3 Å². The SMILES string of the molecule is CN(C)CCOc1ccc(CCn2cc3c(Br)cccc3n2)cc1. The van der Waals surface area contributed by atoms with Gasteiger partial charge in [0.2, 0.25) is 0 Å². The van der Waals surface area contributed by atoms with Crippen LogP contribution in [0.4, 0.5) is 0 Å². The number of nitrogens with zero attached hydrogens (tertiary/aromatic N) is 3. The van der Waals surface area contributed by atoms with Gasteiger partial charge in [0, 0.05) is 29.1 Å². The zero-order chi connectivity index (χ0) is 16.9. The number of hydrogen-bond acceptors (Lipinski definition) is 3. The Kier molecular flexibility index (Phi) is 5.53. The first-order chi connectivity index (χ1) is 11.6. The second-order valence-electron chi connectivity index (χ2n) is 6.11. The van der Waals surface area contributed by atoms with Crippen LogP contribution < -0.4 is 4.74 Å². The molecule has 0 atom stereocenters. The number of likely N-dealkylation sites (N-methyl/N-ethyl adjacent to an activating group) is 1. The molecule has 5 heteroatoms. The molecule has 0 aliphatic rings. The summed E-state index contributed by atoms with van der Waals surface area (Å²) in [6.45, 7) is 2.49. The highest BCUT2D eigenvalue weighted by Gasteiger charge is 2.04. The molecule has 0 fully saturated rings. The average molecular weight is 388 g/mol. The van der Waals surface area contributed by atoms with E-state index in [9.17, 15) is 0 Å². The minimum atomic E-state index is 0.709. The summed E-state index contributed by atoms with van der Waals surface area (Å²) in [6, 6.07) is 14.4. The van der Waals surface area contributed by atoms with Crippen molar-refractivity contribution in [1.82, 2.24) is 14.7 Å². The summed E-state index contributed by atoms with van der Waals surface area (Å²) < 4.78 is 8.82. The van der Waals surface area contributed by atoms with E-state index in [-0.39, 0.29) is 0 Å². The third-order valence-electron chi connectivity index (χ3n) is 3.90. The normalized spacial score (nSPS) is 11.3. The molecule has 3 aromatic rings. The number of ether oxygens (including phenoxy) is 1. The fraction of sp³-hybridized carbons (Fsp3) is 0.316. The minimum absolute atomic E-state index is 0.709. The number of benzene rings is 2. The van der Waals surface area contributed by atoms with Crippen molar-refractivity contribution in [3.05, 3.63) is 58.7 Å². The Morgan fingerprint density at radius 2 is 1.92 bits per heavy atom. The molecule has 24 heavy (non-hydrogen) atoms. The van der Waals surface area contributed by atoms with E-state index in [1.165, 1.54) is 5.56 Å². The van der Waals surface area contributed by atoms with Crippen LogP contribution in [-0.4, -0.2) is 41.9 Å². The lowest BCUT2D eigenvalue weighted by atomic mass is 10.1. The second-order valence-corrected chi connectivity index (χ2v) is 6.96. The summed E-state index contributed by atoms with van der Waals surface area (Å²) in [6.07, 6.45) is 3.04. The van der Waals surface area contributed by atoms with Gasteiger partial charge in [0.05, 0.1) is 5.52 Å². The van der Waals surface area contributed by atoms with E-state index in [2.05, 4.69) is 44.3 Å². The molecule has 0 spiro atoms. The van der Waals surface area contributed by atoms with Gasteiger partial charge in [-0.1, -0.05) is 34.1 Å². The molecular weight excluding hydrogens is 366 g/mol. The van der Waals surface area contributed by atoms with Crippen LogP contribution in [0.2, 0.25) is 0 Å². The standard InChI is InChI=1S/C19H22BrN3O/c1-22(2)12-13-24-16-8-6-15(7-9-16)10-11-23-14-17-18(20)4-3-5-19(17)21-23/h3-9,14H,10-13H2,1-2H3. The van der Waals surface area contributed by atoms with Crippen LogP contribution in [0.3, 0.4) is 0 Å². The third-order valence-corrected chi connectivity index (χ3v) is 4.60. The summed E-state index contributed by atoms with van der Waals surface area (Å²) in [5.74, 6) is 0.925. The molecule has 0 aliphatic carbocycles. The molecule has 1 heterocycles. The summed E-state index contributed by atoms with van der Waals surface area (Å²) in [7, 11) is 4.09. The average Bonchev–Trinajstić information content (AvgIpc) is 2.98. The molecule has 0 saturated heterocycles. The van der Waals surface area contributed by atoms with Crippen LogP contribution in [0.5, 0.6) is 5.75 Å². The van der Waals surface area contributed by atoms with Gasteiger partial charge in [0.1, 0.15) is 12.4 Å². The van der Waals surface area contributed by atoms with Gasteiger partial charge in [0.15, 0.2) is 0 Å². The Balaban J connectivity index is 1.56. The molecule has 126 valence electrons. The molecule has 0 amide bonds. The smallest absolute Gasteiger partial charge is 0.119 e. The number of fused-ring (bicyclic) bond motifs is 1. The zero-order valence-electron chi connectivity index (χ0n) is 14.1. The van der Waals surface area contributed by atoms with Crippen LogP contribution >= 0.6 is 15.9 Å². The molecule has 1 aromatic heterocycles. The maximum absolute atomic E-state index is 5.72. The summed E-state index contributed by atoms with van der Waals surface area (Å²) in [5.41, 5.74) is 2.31. The van der Waals surface area contributed by atoms with Gasteiger partial charge in [-0.25, -0.2) is 0 Å². The second kappa shape index (κ2) is 7.81. The maximum Gasteiger partial charge on any atom is 0.119 e. The van der Waals surface area contributed by atoms with Gasteiger partial charge in [0.25, 0.3) is 0 Å². The van der Waals surface area contributed by atoms with Crippen molar-refractivity contribution in [3.8, 4) is 5.75 Å². The van der Waals surface area contributed by atoms with Crippen molar-refractivity contribution in [2.75, 3.05) is 27.2 Å². The van der Waals surface area contributed by atoms with E-state index < -0.39 is 0 Å². The lowest BCUT2D eigenvalue weighted by molar-refractivity contribution is 0.261. The topological polar surface area (TPSA) is 30.3 Å². The summed E-state index contributed by atoms with van der Waals surface area (Å²) in [5, 5.41) is 5.78. The van der Waals surface area contributed by atoms with E-state index in [0.717, 1.165) is 40.6 Å². The van der Waals surface area contributed by atoms with Gasteiger partial charge in [-0.15, -0.1) is 0 Å². The molecule has 0 N–H and O–H groups in total. The highest BCUT2D eigenvalue weighted by Crippen LogP contribution is 2.22. The van der Waals surface area contributed by atoms with Crippen LogP contribution in [0.25, 0.3) is 10.9 Å². The number of halogens is 1. The number of aromatic nitrogens is 2. The summed E-state index contributed by atoms with van der Waals surface area (Å²) >= 11 is 3.57. The molecule has 0 unspecified atom stereocenters. The zero-order valence-corrected chi connectivity index (χ0v) is 15.7. The largest absolute Gasteiger partial charge is 0.492 e. The number of rotatable bonds is 7. The lowest BCUT2D eigenvalue weighted by Gasteiger charge is -2.11. The molecule has 3 rings (SSSR count). The Morgan fingerprint density at radius 3 is 2.62 bits per heavy atom. The van der Waals surface area contributed by atoms with Gasteiger partial charge in [-0.3, -0.25) is 4.68 Å². The molecule has 0 bridgehead atoms. The van der Waals surface area contributed by atoms with Crippen molar-refractivity contribution in [1.29, 1.82) is 0 Å². The molecule has 2 aromatic carbocycles. The Hall–Kier alpha value is -1.85. The lowest BCUT2D eigenvalue weighted by Crippen LogP contribution is -2.19. The Bertz CT molecular complexity index is 796. The van der Waals surface area contributed by atoms with Gasteiger partial charge in [-0.2, -0.15) is 5.10 Å². The van der Waals surface area contributed by atoms with E-state index in [4.69, 9.17) is 4.74 Å². The number of hydrogen-bond donors (Lipinski definition) is 0. The van der Waals surface area contributed by atoms with Crippen LogP contribution in [0.15, 0.2) is 53.1 Å². The predicted octanol–water partition coefficient (Wildman–Crippen LogP) is 3.98. The van der Waals surface area contributed by atoms with E-state index >= 15 is 0 Å².